The van der Waals surface area contributed by atoms with Crippen molar-refractivity contribution in [1.82, 2.24) is 20.1 Å². The molecule has 1 saturated carbocycles. The molecule has 222 valence electrons. The molecule has 2 bridgehead atoms. The van der Waals surface area contributed by atoms with E-state index >= 15 is 0 Å². The maximum absolute atomic E-state index is 14.4. The van der Waals surface area contributed by atoms with Gasteiger partial charge in [0.05, 0.1) is 19.3 Å². The van der Waals surface area contributed by atoms with Crippen LogP contribution in [-0.2, 0) is 6.54 Å². The van der Waals surface area contributed by atoms with E-state index in [1.807, 2.05) is 37.1 Å². The van der Waals surface area contributed by atoms with Gasteiger partial charge in [0, 0.05) is 50.1 Å². The Morgan fingerprint density at radius 1 is 1.10 bits per heavy atom. The summed E-state index contributed by atoms with van der Waals surface area (Å²) in [6.45, 7) is 9.37. The molecule has 8 nitrogen and oxygen atoms in total. The van der Waals surface area contributed by atoms with Crippen LogP contribution in [0.5, 0.6) is 17.2 Å². The Balaban J connectivity index is 1.17. The Labute approximate surface area is 248 Å². The summed E-state index contributed by atoms with van der Waals surface area (Å²) in [4.78, 5) is 23.8. The molecule has 2 aromatic carbocycles. The molecule has 0 spiro atoms. The predicted octanol–water partition coefficient (Wildman–Crippen LogP) is 5.10. The van der Waals surface area contributed by atoms with Crippen LogP contribution in [0.15, 0.2) is 48.7 Å². The molecule has 3 aliphatic heterocycles. The number of ether oxygens (including phenoxy) is 3. The third kappa shape index (κ3) is 5.31. The van der Waals surface area contributed by atoms with Crippen LogP contribution in [0.2, 0.25) is 0 Å². The predicted molar refractivity (Wildman–Crippen MR) is 162 cm³/mol. The highest BCUT2D eigenvalue weighted by molar-refractivity contribution is 5.96. The number of piperidine rings is 1. The molecule has 8 heteroatoms. The van der Waals surface area contributed by atoms with E-state index in [4.69, 9.17) is 19.2 Å². The number of nitrogens with one attached hydrogen (secondary N) is 1. The molecule has 3 aromatic rings. The van der Waals surface area contributed by atoms with E-state index in [1.165, 1.54) is 19.3 Å². The molecular weight excluding hydrogens is 528 g/mol. The fourth-order valence-electron chi connectivity index (χ4n) is 7.74. The highest BCUT2D eigenvalue weighted by Crippen LogP contribution is 2.47. The van der Waals surface area contributed by atoms with E-state index in [0.29, 0.717) is 41.9 Å². The normalized spacial score (nSPS) is 26.1. The van der Waals surface area contributed by atoms with Gasteiger partial charge in [-0.2, -0.15) is 0 Å². The minimum Gasteiger partial charge on any atom is -0.493 e. The third-order valence-corrected chi connectivity index (χ3v) is 9.83. The summed E-state index contributed by atoms with van der Waals surface area (Å²) in [6, 6.07) is 14.3. The largest absolute Gasteiger partial charge is 0.493 e. The summed E-state index contributed by atoms with van der Waals surface area (Å²) in [5.74, 6) is 3.06. The number of fused-ring (bicyclic) bond motifs is 4. The first-order chi connectivity index (χ1) is 20.4. The zero-order chi connectivity index (χ0) is 28.8. The summed E-state index contributed by atoms with van der Waals surface area (Å²) >= 11 is 0. The minimum absolute atomic E-state index is 0.0480. The maximum atomic E-state index is 14.4. The van der Waals surface area contributed by atoms with Crippen molar-refractivity contribution in [1.29, 1.82) is 0 Å². The van der Waals surface area contributed by atoms with Gasteiger partial charge in [0.2, 0.25) is 11.5 Å². The van der Waals surface area contributed by atoms with Crippen molar-refractivity contribution < 1.29 is 19.0 Å². The molecule has 42 heavy (non-hydrogen) atoms. The number of rotatable bonds is 8. The summed E-state index contributed by atoms with van der Waals surface area (Å²) < 4.78 is 17.7. The minimum atomic E-state index is -0.815. The summed E-state index contributed by atoms with van der Waals surface area (Å²) in [5, 5.41) is 5.87. The number of amides is 1. The van der Waals surface area contributed by atoms with Gasteiger partial charge >= 0.3 is 0 Å². The molecule has 7 rings (SSSR count). The van der Waals surface area contributed by atoms with E-state index < -0.39 is 5.79 Å². The number of carbonyl (C=O) groups excluding carboxylic acids is 1. The zero-order valence-electron chi connectivity index (χ0n) is 25.0. The Morgan fingerprint density at radius 2 is 1.88 bits per heavy atom. The van der Waals surface area contributed by atoms with Crippen molar-refractivity contribution in [3.8, 4) is 17.2 Å². The third-order valence-electron chi connectivity index (χ3n) is 9.83. The van der Waals surface area contributed by atoms with E-state index in [0.717, 1.165) is 66.8 Å². The van der Waals surface area contributed by atoms with E-state index in [2.05, 4.69) is 28.4 Å². The number of hydrogen-bond donors (Lipinski definition) is 1. The van der Waals surface area contributed by atoms with Crippen LogP contribution in [0.4, 0.5) is 0 Å². The van der Waals surface area contributed by atoms with Crippen molar-refractivity contribution >= 4 is 16.7 Å². The van der Waals surface area contributed by atoms with Crippen molar-refractivity contribution in [2.24, 2.45) is 17.8 Å². The first-order valence-electron chi connectivity index (χ1n) is 15.5. The lowest BCUT2D eigenvalue weighted by Crippen LogP contribution is -2.48. The van der Waals surface area contributed by atoms with Crippen LogP contribution >= 0.6 is 0 Å². The lowest BCUT2D eigenvalue weighted by molar-refractivity contribution is -0.0439. The van der Waals surface area contributed by atoms with Crippen LogP contribution in [0.25, 0.3) is 10.8 Å². The lowest BCUT2D eigenvalue weighted by atomic mass is 9.85. The fraction of sp³-hybridized carbons (Fsp3) is 0.529. The molecule has 4 aliphatic rings. The topological polar surface area (TPSA) is 76.2 Å². The average molecular weight is 571 g/mol. The average Bonchev–Trinajstić information content (AvgIpc) is 3.62. The zero-order valence-corrected chi connectivity index (χ0v) is 25.0. The van der Waals surface area contributed by atoms with Crippen molar-refractivity contribution in [3.63, 3.8) is 0 Å². The first-order valence-corrected chi connectivity index (χ1v) is 15.5. The van der Waals surface area contributed by atoms with Crippen LogP contribution in [-0.4, -0.2) is 72.4 Å². The molecule has 0 radical (unpaired) electrons. The Hall–Kier alpha value is -3.36. The SMILES string of the molecule is COc1cc(C(=O)N(Cc2cc3ccccc3cn2)C[C@@H]2CCCN2CC2[C@@H]3CC[C@H]2CNC3)cc2c1OC(C)(C)O2. The molecule has 3 fully saturated rings. The Morgan fingerprint density at radius 3 is 2.67 bits per heavy atom. The second kappa shape index (κ2) is 11.0. The molecule has 1 amide bonds. The number of likely N-dealkylation sites (tertiary alicyclic amines) is 1. The number of carbonyl (C=O) groups is 1. The number of pyridine rings is 1. The fourth-order valence-corrected chi connectivity index (χ4v) is 7.74. The second-order valence-corrected chi connectivity index (χ2v) is 13.0. The monoisotopic (exact) mass is 570 g/mol. The van der Waals surface area contributed by atoms with Gasteiger partial charge in [-0.05, 0) is 86.7 Å². The van der Waals surface area contributed by atoms with E-state index in [-0.39, 0.29) is 5.91 Å². The smallest absolute Gasteiger partial charge is 0.254 e. The molecule has 2 saturated heterocycles. The van der Waals surface area contributed by atoms with Gasteiger partial charge in [-0.25, -0.2) is 0 Å². The molecule has 1 aliphatic carbocycles. The number of benzene rings is 2. The summed E-state index contributed by atoms with van der Waals surface area (Å²) in [5.41, 5.74) is 1.42. The number of aromatic nitrogens is 1. The molecule has 1 aromatic heterocycles. The van der Waals surface area contributed by atoms with Crippen molar-refractivity contribution in [3.05, 3.63) is 59.9 Å². The highest BCUT2D eigenvalue weighted by Gasteiger charge is 2.42. The Bertz CT molecular complexity index is 1460. The number of methoxy groups -OCH3 is 1. The molecule has 4 atom stereocenters. The quantitative estimate of drug-likeness (QED) is 0.404. The van der Waals surface area contributed by atoms with Gasteiger partial charge < -0.3 is 24.4 Å². The number of nitrogens with zero attached hydrogens (tertiary/aromatic N) is 3. The molecular formula is C34H42N4O4. The molecule has 4 heterocycles. The van der Waals surface area contributed by atoms with E-state index in [9.17, 15) is 4.79 Å². The van der Waals surface area contributed by atoms with Gasteiger partial charge in [-0.3, -0.25) is 14.7 Å². The van der Waals surface area contributed by atoms with E-state index in [1.54, 1.807) is 19.2 Å². The van der Waals surface area contributed by atoms with Crippen LogP contribution in [0.1, 0.15) is 55.6 Å². The van der Waals surface area contributed by atoms with Gasteiger partial charge in [-0.1, -0.05) is 24.3 Å². The second-order valence-electron chi connectivity index (χ2n) is 13.0. The van der Waals surface area contributed by atoms with Gasteiger partial charge in [0.1, 0.15) is 0 Å². The molecule has 1 unspecified atom stereocenters. The summed E-state index contributed by atoms with van der Waals surface area (Å²) in [7, 11) is 1.60. The van der Waals surface area contributed by atoms with Crippen LogP contribution < -0.4 is 19.5 Å². The maximum Gasteiger partial charge on any atom is 0.254 e. The van der Waals surface area contributed by atoms with Crippen molar-refractivity contribution in [2.75, 3.05) is 39.8 Å². The van der Waals surface area contributed by atoms with Gasteiger partial charge in [0.25, 0.3) is 5.91 Å². The summed E-state index contributed by atoms with van der Waals surface area (Å²) in [6.07, 6.45) is 6.89. The van der Waals surface area contributed by atoms with Gasteiger partial charge in [0.15, 0.2) is 11.5 Å². The number of hydrogen-bond acceptors (Lipinski definition) is 7. The standard InChI is InChI=1S/C34H42N4O4/c1-34(2)41-31-15-26(14-30(40-3)32(31)42-34)33(39)38(19-27-13-22-7-4-5-8-23(22)18-36-27)20-28-9-6-12-37(28)21-29-24-10-11-25(29)17-35-16-24/h4-5,7-8,13-15,18,24-25,28-29,35H,6,9-12,16-17,19-21H2,1-3H3/t24-,25+,28-,29?/m0/s1. The van der Waals surface area contributed by atoms with Crippen molar-refractivity contribution in [2.45, 2.75) is 57.9 Å². The Kier molecular flexibility index (Phi) is 7.22. The van der Waals surface area contributed by atoms with Gasteiger partial charge in [-0.15, -0.1) is 0 Å². The van der Waals surface area contributed by atoms with Crippen LogP contribution in [0, 0.1) is 17.8 Å². The highest BCUT2D eigenvalue weighted by atomic mass is 16.7. The first kappa shape index (κ1) is 27.5. The van der Waals surface area contributed by atoms with Crippen LogP contribution in [0.3, 0.4) is 0 Å². The molecule has 1 N–H and O–H groups in total. The lowest BCUT2D eigenvalue weighted by Gasteiger charge is -2.37.